The van der Waals surface area contributed by atoms with Crippen molar-refractivity contribution in [3.63, 3.8) is 0 Å². The Bertz CT molecular complexity index is 2470. The van der Waals surface area contributed by atoms with Crippen molar-refractivity contribution in [2.45, 2.75) is 0 Å². The third-order valence-corrected chi connectivity index (χ3v) is 9.75. The van der Waals surface area contributed by atoms with Gasteiger partial charge in [-0.3, -0.25) is 9.59 Å². The molecule has 0 spiro atoms. The Morgan fingerprint density at radius 1 is 0.383 bits per heavy atom. The maximum atomic E-state index is 13.2. The van der Waals surface area contributed by atoms with Gasteiger partial charge >= 0.3 is 0 Å². The van der Waals surface area contributed by atoms with Crippen LogP contribution in [-0.2, 0) is 0 Å². The number of hydrogen-bond donors (Lipinski definition) is 0. The van der Waals surface area contributed by atoms with Gasteiger partial charge in [0.05, 0.1) is 22.1 Å². The molecule has 0 aliphatic heterocycles. The minimum Gasteiger partial charge on any atom is -0.309 e. The zero-order valence-electron chi connectivity index (χ0n) is 24.9. The summed E-state index contributed by atoms with van der Waals surface area (Å²) in [6.07, 6.45) is 0. The fraction of sp³-hybridized carbons (Fsp3) is 0. The molecule has 3 aromatic heterocycles. The van der Waals surface area contributed by atoms with Crippen molar-refractivity contribution in [1.82, 2.24) is 19.3 Å². The number of benzene rings is 6. The van der Waals surface area contributed by atoms with Crippen LogP contribution in [0.1, 0.15) is 0 Å². The molecule has 6 aromatic carbocycles. The van der Waals surface area contributed by atoms with E-state index in [0.29, 0.717) is 21.5 Å². The SMILES string of the molecule is O=c1c2ccccc2n(-c2ccc(-c3nnc(-c4ccc(-n5c6ccccc6c(=O)c6ccccc65)cc4)s3)cc2)c2ccccc12. The summed E-state index contributed by atoms with van der Waals surface area (Å²) in [5, 5.41) is 13.5. The summed E-state index contributed by atoms with van der Waals surface area (Å²) in [6.45, 7) is 0. The van der Waals surface area contributed by atoms with Gasteiger partial charge in [-0.05, 0) is 97.1 Å². The molecule has 0 saturated carbocycles. The van der Waals surface area contributed by atoms with Crippen molar-refractivity contribution in [3.8, 4) is 32.5 Å². The van der Waals surface area contributed by atoms with Crippen molar-refractivity contribution in [3.05, 3.63) is 166 Å². The van der Waals surface area contributed by atoms with E-state index in [0.717, 1.165) is 54.6 Å². The summed E-state index contributed by atoms with van der Waals surface area (Å²) in [4.78, 5) is 26.4. The minimum atomic E-state index is 0.0409. The van der Waals surface area contributed by atoms with Crippen LogP contribution < -0.4 is 10.9 Å². The summed E-state index contributed by atoms with van der Waals surface area (Å²) >= 11 is 1.54. The van der Waals surface area contributed by atoms with Crippen LogP contribution in [0.25, 0.3) is 76.1 Å². The van der Waals surface area contributed by atoms with Crippen LogP contribution in [0.4, 0.5) is 0 Å². The van der Waals surface area contributed by atoms with E-state index < -0.39 is 0 Å². The fourth-order valence-electron chi connectivity index (χ4n) is 6.51. The molecule has 0 radical (unpaired) electrons. The molecule has 0 fully saturated rings. The molecule has 9 aromatic rings. The molecule has 9 rings (SSSR count). The molecule has 47 heavy (non-hydrogen) atoms. The Morgan fingerprint density at radius 3 is 1.00 bits per heavy atom. The highest BCUT2D eigenvalue weighted by Crippen LogP contribution is 2.33. The molecule has 0 unspecified atom stereocenters. The van der Waals surface area contributed by atoms with Crippen LogP contribution in [-0.4, -0.2) is 19.3 Å². The van der Waals surface area contributed by atoms with Gasteiger partial charge in [-0.1, -0.05) is 59.9 Å². The number of aromatic nitrogens is 4. The van der Waals surface area contributed by atoms with Gasteiger partial charge in [-0.2, -0.15) is 0 Å². The first-order valence-electron chi connectivity index (χ1n) is 15.3. The lowest BCUT2D eigenvalue weighted by Gasteiger charge is -2.15. The molecule has 6 nitrogen and oxygen atoms in total. The number of pyridine rings is 2. The molecule has 0 atom stereocenters. The monoisotopic (exact) mass is 624 g/mol. The lowest BCUT2D eigenvalue weighted by atomic mass is 10.1. The smallest absolute Gasteiger partial charge is 0.197 e. The van der Waals surface area contributed by atoms with E-state index in [1.165, 1.54) is 11.3 Å². The third kappa shape index (κ3) is 4.32. The first-order chi connectivity index (χ1) is 23.2. The second-order valence-electron chi connectivity index (χ2n) is 11.4. The second kappa shape index (κ2) is 10.7. The molecule has 7 heteroatoms. The van der Waals surface area contributed by atoms with Crippen LogP contribution in [0.3, 0.4) is 0 Å². The summed E-state index contributed by atoms with van der Waals surface area (Å²) in [6, 6.07) is 47.4. The molecule has 0 N–H and O–H groups in total. The summed E-state index contributed by atoms with van der Waals surface area (Å²) in [5.41, 5.74) is 7.42. The van der Waals surface area contributed by atoms with Crippen molar-refractivity contribution in [1.29, 1.82) is 0 Å². The molecular formula is C40H24N4O2S. The first-order valence-corrected chi connectivity index (χ1v) is 16.1. The zero-order chi connectivity index (χ0) is 31.5. The maximum absolute atomic E-state index is 13.2. The Kier molecular flexibility index (Phi) is 6.19. The number of hydrogen-bond acceptors (Lipinski definition) is 5. The van der Waals surface area contributed by atoms with E-state index in [-0.39, 0.29) is 10.9 Å². The fourth-order valence-corrected chi connectivity index (χ4v) is 7.37. The van der Waals surface area contributed by atoms with E-state index in [2.05, 4.69) is 67.9 Å². The van der Waals surface area contributed by atoms with Gasteiger partial charge in [0.2, 0.25) is 0 Å². The standard InChI is InChI=1S/C40H24N4O2S/c45-37-29-9-1-5-13-33(29)43(34-14-6-2-10-30(34)37)27-21-17-25(18-22-27)39-41-42-40(47-39)26-19-23-28(24-20-26)44-35-15-7-3-11-31(35)38(46)32-12-4-8-16-36(32)44/h1-24H. The van der Waals surface area contributed by atoms with Crippen LogP contribution in [0.15, 0.2) is 155 Å². The summed E-state index contributed by atoms with van der Waals surface area (Å²) in [5.74, 6) is 0. The average molecular weight is 625 g/mol. The van der Waals surface area contributed by atoms with Crippen LogP contribution in [0.5, 0.6) is 0 Å². The van der Waals surface area contributed by atoms with E-state index in [1.807, 2.05) is 97.1 Å². The molecule has 0 bridgehead atoms. The van der Waals surface area contributed by atoms with Gasteiger partial charge in [0.1, 0.15) is 10.0 Å². The quantitative estimate of drug-likeness (QED) is 0.184. The Balaban J connectivity index is 1.07. The Labute approximate surface area is 272 Å². The first kappa shape index (κ1) is 27.2. The lowest BCUT2D eigenvalue weighted by molar-refractivity contribution is 1.10. The Hall–Kier alpha value is -6.18. The summed E-state index contributed by atoms with van der Waals surface area (Å²) < 4.78 is 4.27. The predicted molar refractivity (Wildman–Crippen MR) is 192 cm³/mol. The van der Waals surface area contributed by atoms with Crippen LogP contribution >= 0.6 is 11.3 Å². The highest BCUT2D eigenvalue weighted by atomic mass is 32.1. The van der Waals surface area contributed by atoms with Crippen LogP contribution in [0.2, 0.25) is 0 Å². The van der Waals surface area contributed by atoms with Gasteiger partial charge in [0, 0.05) is 44.0 Å². The number of rotatable bonds is 4. The third-order valence-electron chi connectivity index (χ3n) is 8.73. The van der Waals surface area contributed by atoms with Gasteiger partial charge in [-0.25, -0.2) is 0 Å². The van der Waals surface area contributed by atoms with Crippen molar-refractivity contribution in [2.75, 3.05) is 0 Å². The topological polar surface area (TPSA) is 69.8 Å². The van der Waals surface area contributed by atoms with Gasteiger partial charge in [0.25, 0.3) is 0 Å². The van der Waals surface area contributed by atoms with Crippen molar-refractivity contribution in [2.24, 2.45) is 0 Å². The number of nitrogens with zero attached hydrogens (tertiary/aromatic N) is 4. The largest absolute Gasteiger partial charge is 0.309 e. The molecule has 222 valence electrons. The highest BCUT2D eigenvalue weighted by molar-refractivity contribution is 7.17. The Morgan fingerprint density at radius 2 is 0.681 bits per heavy atom. The highest BCUT2D eigenvalue weighted by Gasteiger charge is 2.15. The molecule has 0 saturated heterocycles. The van der Waals surface area contributed by atoms with Crippen molar-refractivity contribution >= 4 is 54.9 Å². The normalized spacial score (nSPS) is 11.6. The van der Waals surface area contributed by atoms with Gasteiger partial charge in [0.15, 0.2) is 10.9 Å². The van der Waals surface area contributed by atoms with Crippen LogP contribution in [0, 0.1) is 0 Å². The molecule has 0 aliphatic rings. The van der Waals surface area contributed by atoms with Crippen molar-refractivity contribution < 1.29 is 0 Å². The number of fused-ring (bicyclic) bond motifs is 4. The van der Waals surface area contributed by atoms with E-state index >= 15 is 0 Å². The molecular weight excluding hydrogens is 601 g/mol. The molecule has 0 aliphatic carbocycles. The predicted octanol–water partition coefficient (Wildman–Crippen LogP) is 8.79. The average Bonchev–Trinajstić information content (AvgIpc) is 3.63. The van der Waals surface area contributed by atoms with E-state index in [9.17, 15) is 9.59 Å². The lowest BCUT2D eigenvalue weighted by Crippen LogP contribution is -2.10. The van der Waals surface area contributed by atoms with Gasteiger partial charge in [-0.15, -0.1) is 10.2 Å². The molecule has 0 amide bonds. The summed E-state index contributed by atoms with van der Waals surface area (Å²) in [7, 11) is 0. The zero-order valence-corrected chi connectivity index (χ0v) is 25.7. The maximum Gasteiger partial charge on any atom is 0.197 e. The van der Waals surface area contributed by atoms with E-state index in [1.54, 1.807) is 0 Å². The molecule has 3 heterocycles. The minimum absolute atomic E-state index is 0.0409. The number of para-hydroxylation sites is 4. The second-order valence-corrected chi connectivity index (χ2v) is 12.4. The van der Waals surface area contributed by atoms with E-state index in [4.69, 9.17) is 0 Å². The van der Waals surface area contributed by atoms with Gasteiger partial charge < -0.3 is 9.13 Å².